The van der Waals surface area contributed by atoms with Gasteiger partial charge in [-0.15, -0.1) is 0 Å². The number of aryl methyl sites for hydroxylation is 2. The van der Waals surface area contributed by atoms with Crippen LogP contribution in [0.4, 0.5) is 0 Å². The van der Waals surface area contributed by atoms with Crippen LogP contribution in [0.3, 0.4) is 0 Å². The van der Waals surface area contributed by atoms with E-state index in [9.17, 15) is 9.59 Å². The highest BCUT2D eigenvalue weighted by Crippen LogP contribution is 2.29. The molecule has 0 aliphatic carbocycles. The number of fused-ring (bicyclic) bond motifs is 1. The molecule has 0 saturated carbocycles. The van der Waals surface area contributed by atoms with Gasteiger partial charge in [-0.2, -0.15) is 5.10 Å². The van der Waals surface area contributed by atoms with Crippen molar-refractivity contribution < 1.29 is 14.7 Å². The molecule has 168 valence electrons. The smallest absolute Gasteiger partial charge is 0.335 e. The summed E-state index contributed by atoms with van der Waals surface area (Å²) in [4.78, 5) is 27.2. The van der Waals surface area contributed by atoms with Gasteiger partial charge < -0.3 is 10.1 Å². The molecular weight excluding hydrogens is 426 g/mol. The number of carboxylic acids is 1. The van der Waals surface area contributed by atoms with Crippen molar-refractivity contribution in [1.29, 1.82) is 0 Å². The van der Waals surface area contributed by atoms with E-state index in [0.717, 1.165) is 39.0 Å². The zero-order chi connectivity index (χ0) is 23.7. The standard InChI is InChI=1S/C28H23N3O3/c1-31-26(17-25(30-31)27(32)14-9-18-7-10-20(11-8-18)28(33)34)21-12-13-23-22(15-21)16-24(29-23)19-5-3-2-4-6-19/h2-8,10-13,15-17,29H,9,14H2,1H3,(H,33,34). The highest BCUT2D eigenvalue weighted by Gasteiger charge is 2.15. The quantitative estimate of drug-likeness (QED) is 0.310. The maximum atomic E-state index is 12.8. The van der Waals surface area contributed by atoms with Crippen LogP contribution >= 0.6 is 0 Å². The van der Waals surface area contributed by atoms with Crippen molar-refractivity contribution in [3.63, 3.8) is 0 Å². The van der Waals surface area contributed by atoms with Crippen molar-refractivity contribution in [3.05, 3.63) is 102 Å². The molecule has 0 atom stereocenters. The van der Waals surface area contributed by atoms with Gasteiger partial charge in [0, 0.05) is 35.6 Å². The summed E-state index contributed by atoms with van der Waals surface area (Å²) >= 11 is 0. The van der Waals surface area contributed by atoms with Crippen molar-refractivity contribution >= 4 is 22.7 Å². The number of hydrogen-bond donors (Lipinski definition) is 2. The number of aromatic amines is 1. The Kier molecular flexibility index (Phi) is 5.55. The second-order valence-corrected chi connectivity index (χ2v) is 8.31. The minimum absolute atomic E-state index is 0.0433. The monoisotopic (exact) mass is 449 g/mol. The van der Waals surface area contributed by atoms with Gasteiger partial charge in [0.1, 0.15) is 5.69 Å². The summed E-state index contributed by atoms with van der Waals surface area (Å²) in [6.45, 7) is 0. The zero-order valence-corrected chi connectivity index (χ0v) is 18.7. The fourth-order valence-corrected chi connectivity index (χ4v) is 4.14. The molecule has 5 aromatic rings. The largest absolute Gasteiger partial charge is 0.478 e. The summed E-state index contributed by atoms with van der Waals surface area (Å²) in [6.07, 6.45) is 0.836. The summed E-state index contributed by atoms with van der Waals surface area (Å²) in [5.41, 5.74) is 6.69. The van der Waals surface area contributed by atoms with Crippen LogP contribution < -0.4 is 0 Å². The fourth-order valence-electron chi connectivity index (χ4n) is 4.14. The summed E-state index contributed by atoms with van der Waals surface area (Å²) in [6, 6.07) is 26.9. The van der Waals surface area contributed by atoms with Crippen LogP contribution in [0.25, 0.3) is 33.4 Å². The first-order valence-electron chi connectivity index (χ1n) is 11.1. The van der Waals surface area contributed by atoms with Gasteiger partial charge in [0.2, 0.25) is 0 Å². The number of nitrogens with zero attached hydrogens (tertiary/aromatic N) is 2. The van der Waals surface area contributed by atoms with Gasteiger partial charge >= 0.3 is 5.97 Å². The zero-order valence-electron chi connectivity index (χ0n) is 18.7. The van der Waals surface area contributed by atoms with Crippen LogP contribution in [0.15, 0.2) is 84.9 Å². The van der Waals surface area contributed by atoms with E-state index in [1.54, 1.807) is 28.9 Å². The lowest BCUT2D eigenvalue weighted by molar-refractivity contribution is 0.0696. The Morgan fingerprint density at radius 1 is 0.912 bits per heavy atom. The second-order valence-electron chi connectivity index (χ2n) is 8.31. The Hall–Kier alpha value is -4.45. The van der Waals surface area contributed by atoms with Crippen LogP contribution in [0.5, 0.6) is 0 Å². The molecular formula is C28H23N3O3. The topological polar surface area (TPSA) is 88.0 Å². The molecule has 0 unspecified atom stereocenters. The molecule has 2 heterocycles. The van der Waals surface area contributed by atoms with E-state index in [1.807, 2.05) is 43.4 Å². The first-order valence-corrected chi connectivity index (χ1v) is 11.1. The highest BCUT2D eigenvalue weighted by atomic mass is 16.4. The molecule has 0 amide bonds. The van der Waals surface area contributed by atoms with Crippen molar-refractivity contribution in [2.45, 2.75) is 12.8 Å². The first kappa shape index (κ1) is 21.4. The van der Waals surface area contributed by atoms with Crippen LogP contribution in [0.1, 0.15) is 32.8 Å². The first-order chi connectivity index (χ1) is 16.5. The molecule has 34 heavy (non-hydrogen) atoms. The molecule has 0 aliphatic rings. The third-order valence-electron chi connectivity index (χ3n) is 6.01. The number of carbonyl (C=O) groups excluding carboxylic acids is 1. The van der Waals surface area contributed by atoms with Gasteiger partial charge in [0.15, 0.2) is 5.78 Å². The number of aromatic carboxylic acids is 1. The van der Waals surface area contributed by atoms with E-state index in [4.69, 9.17) is 5.11 Å². The number of rotatable bonds is 7. The molecule has 0 radical (unpaired) electrons. The minimum Gasteiger partial charge on any atom is -0.478 e. The number of carbonyl (C=O) groups is 2. The Labute approximate surface area is 196 Å². The minimum atomic E-state index is -0.960. The molecule has 3 aromatic carbocycles. The number of ketones is 1. The van der Waals surface area contributed by atoms with Crippen LogP contribution in [0.2, 0.25) is 0 Å². The van der Waals surface area contributed by atoms with Gasteiger partial charge in [-0.25, -0.2) is 4.79 Å². The SMILES string of the molecule is Cn1nc(C(=O)CCc2ccc(C(=O)O)cc2)cc1-c1ccc2[nH]c(-c3ccccc3)cc2c1. The molecule has 6 nitrogen and oxygen atoms in total. The van der Waals surface area contributed by atoms with Crippen LogP contribution in [0, 0.1) is 0 Å². The third-order valence-corrected chi connectivity index (χ3v) is 6.01. The lowest BCUT2D eigenvalue weighted by Gasteiger charge is -2.01. The Morgan fingerprint density at radius 3 is 2.41 bits per heavy atom. The number of aromatic nitrogens is 3. The molecule has 2 aromatic heterocycles. The third kappa shape index (κ3) is 4.26. The number of carboxylic acid groups (broad SMARTS) is 1. The Balaban J connectivity index is 1.34. The molecule has 0 fully saturated rings. The molecule has 6 heteroatoms. The van der Waals surface area contributed by atoms with Gasteiger partial charge in [-0.1, -0.05) is 48.5 Å². The number of benzene rings is 3. The van der Waals surface area contributed by atoms with Gasteiger partial charge in [-0.05, 0) is 53.9 Å². The van der Waals surface area contributed by atoms with E-state index >= 15 is 0 Å². The number of Topliss-reactive ketones (excluding diaryl/α,β-unsaturated/α-hetero) is 1. The van der Waals surface area contributed by atoms with Crippen LogP contribution in [-0.2, 0) is 13.5 Å². The molecule has 5 rings (SSSR count). The number of hydrogen-bond acceptors (Lipinski definition) is 3. The molecule has 0 saturated heterocycles. The van der Waals surface area contributed by atoms with E-state index < -0.39 is 5.97 Å². The van der Waals surface area contributed by atoms with Crippen molar-refractivity contribution in [2.75, 3.05) is 0 Å². The second kappa shape index (κ2) is 8.83. The summed E-state index contributed by atoms with van der Waals surface area (Å²) < 4.78 is 1.74. The molecule has 0 bridgehead atoms. The number of nitrogens with one attached hydrogen (secondary N) is 1. The summed E-state index contributed by atoms with van der Waals surface area (Å²) in [7, 11) is 1.84. The van der Waals surface area contributed by atoms with E-state index in [-0.39, 0.29) is 11.3 Å². The maximum Gasteiger partial charge on any atom is 0.335 e. The number of H-pyrrole nitrogens is 1. The maximum absolute atomic E-state index is 12.8. The van der Waals surface area contributed by atoms with E-state index in [1.165, 1.54) is 0 Å². The molecule has 0 aliphatic heterocycles. The average Bonchev–Trinajstić information content (AvgIpc) is 3.46. The van der Waals surface area contributed by atoms with E-state index in [2.05, 4.69) is 34.3 Å². The lowest BCUT2D eigenvalue weighted by atomic mass is 10.0. The fraction of sp³-hybridized carbons (Fsp3) is 0.107. The predicted octanol–water partition coefficient (Wildman–Crippen LogP) is 5.75. The van der Waals surface area contributed by atoms with Gasteiger partial charge in [-0.3, -0.25) is 9.48 Å². The normalized spacial score (nSPS) is 11.1. The highest BCUT2D eigenvalue weighted by molar-refractivity contribution is 5.96. The average molecular weight is 450 g/mol. The summed E-state index contributed by atoms with van der Waals surface area (Å²) in [5, 5.41) is 14.6. The Bertz CT molecular complexity index is 1500. The van der Waals surface area contributed by atoms with Crippen molar-refractivity contribution in [1.82, 2.24) is 14.8 Å². The Morgan fingerprint density at radius 2 is 1.68 bits per heavy atom. The van der Waals surface area contributed by atoms with Crippen LogP contribution in [-0.4, -0.2) is 31.6 Å². The predicted molar refractivity (Wildman–Crippen MR) is 132 cm³/mol. The van der Waals surface area contributed by atoms with Gasteiger partial charge in [0.25, 0.3) is 0 Å². The molecule has 2 N–H and O–H groups in total. The molecule has 0 spiro atoms. The lowest BCUT2D eigenvalue weighted by Crippen LogP contribution is -2.03. The van der Waals surface area contributed by atoms with Gasteiger partial charge in [0.05, 0.1) is 11.3 Å². The van der Waals surface area contributed by atoms with Crippen molar-refractivity contribution in [2.24, 2.45) is 7.05 Å². The van der Waals surface area contributed by atoms with E-state index in [0.29, 0.717) is 18.5 Å². The summed E-state index contributed by atoms with van der Waals surface area (Å²) in [5.74, 6) is -1.00. The van der Waals surface area contributed by atoms with Crippen molar-refractivity contribution in [3.8, 4) is 22.5 Å².